The van der Waals surface area contributed by atoms with Gasteiger partial charge >= 0.3 is 0 Å². The summed E-state index contributed by atoms with van der Waals surface area (Å²) in [5.41, 5.74) is 0. The van der Waals surface area contributed by atoms with Gasteiger partial charge in [-0.3, -0.25) is 0 Å². The Morgan fingerprint density at radius 1 is 1.25 bits per heavy atom. The molecule has 0 radical (unpaired) electrons. The number of likely N-dealkylation sites (tertiary alicyclic amines) is 1. The fourth-order valence-electron chi connectivity index (χ4n) is 1.24. The molecular weight excluding hydrogens is 150 g/mol. The number of nitrogens with zero attached hydrogens (tertiary/aromatic N) is 1. The first-order chi connectivity index (χ1) is 5.80. The van der Waals surface area contributed by atoms with E-state index in [1.807, 2.05) is 20.6 Å². The molecule has 12 heavy (non-hydrogen) atoms. The van der Waals surface area contributed by atoms with Gasteiger partial charge in [-0.1, -0.05) is 20.3 Å². The molecule has 0 aromatic carbocycles. The highest BCUT2D eigenvalue weighted by atomic mass is 16.1. The van der Waals surface area contributed by atoms with Crippen LogP contribution in [0.2, 0.25) is 0 Å². The minimum atomic E-state index is 0.837. The molecular formula is C10H23NO. The summed E-state index contributed by atoms with van der Waals surface area (Å²) in [4.78, 5) is 10.4. The molecule has 1 heterocycles. The summed E-state index contributed by atoms with van der Waals surface area (Å²) in [6.07, 6.45) is 4.24. The standard InChI is InChI=1S/C7H15N.C2H6.CH2O/c1-7-5-3-4-6-8(7)2;2*1-2/h7H,3-6H2,1-2H3;1-2H3;1H2. The van der Waals surface area contributed by atoms with Crippen molar-refractivity contribution in [3.63, 3.8) is 0 Å². The Labute approximate surface area is 77.0 Å². The lowest BCUT2D eigenvalue weighted by Crippen LogP contribution is -2.33. The van der Waals surface area contributed by atoms with Gasteiger partial charge in [0.05, 0.1) is 0 Å². The molecule has 0 amide bonds. The lowest BCUT2D eigenvalue weighted by Gasteiger charge is -2.29. The lowest BCUT2D eigenvalue weighted by molar-refractivity contribution is -0.0979. The molecule has 1 saturated heterocycles. The Kier molecular flexibility index (Phi) is 12.6. The second-order valence-corrected chi connectivity index (χ2v) is 2.83. The average Bonchev–Trinajstić information content (AvgIpc) is 2.17. The number of carbonyl (C=O) groups is 1. The highest BCUT2D eigenvalue weighted by molar-refractivity contribution is 5.10. The Morgan fingerprint density at radius 3 is 2.00 bits per heavy atom. The zero-order chi connectivity index (χ0) is 9.98. The topological polar surface area (TPSA) is 20.3 Å². The second-order valence-electron chi connectivity index (χ2n) is 2.83. The Bertz CT molecular complexity index is 75.9. The highest BCUT2D eigenvalue weighted by Gasteiger charge is 2.12. The van der Waals surface area contributed by atoms with Gasteiger partial charge in [-0.05, 0) is 33.4 Å². The van der Waals surface area contributed by atoms with Crippen molar-refractivity contribution in [2.45, 2.75) is 46.1 Å². The molecule has 0 bridgehead atoms. The second kappa shape index (κ2) is 10.6. The predicted octanol–water partition coefficient (Wildman–Crippen LogP) is 2.33. The van der Waals surface area contributed by atoms with Crippen molar-refractivity contribution >= 4 is 6.79 Å². The van der Waals surface area contributed by atoms with Crippen LogP contribution in [0.5, 0.6) is 0 Å². The van der Waals surface area contributed by atoms with E-state index in [1.165, 1.54) is 25.8 Å². The van der Waals surface area contributed by atoms with Crippen molar-refractivity contribution in [1.29, 1.82) is 0 Å². The summed E-state index contributed by atoms with van der Waals surface area (Å²) in [6.45, 7) is 9.61. The quantitative estimate of drug-likeness (QED) is 0.560. The summed E-state index contributed by atoms with van der Waals surface area (Å²) < 4.78 is 0. The summed E-state index contributed by atoms with van der Waals surface area (Å²) >= 11 is 0. The maximum atomic E-state index is 8.00. The van der Waals surface area contributed by atoms with E-state index in [0.717, 1.165) is 6.04 Å². The van der Waals surface area contributed by atoms with Gasteiger partial charge in [-0.25, -0.2) is 0 Å². The van der Waals surface area contributed by atoms with Crippen molar-refractivity contribution in [3.05, 3.63) is 0 Å². The number of rotatable bonds is 0. The molecule has 0 N–H and O–H groups in total. The normalized spacial score (nSPS) is 22.8. The molecule has 1 aliphatic heterocycles. The van der Waals surface area contributed by atoms with Crippen LogP contribution in [0.1, 0.15) is 40.0 Å². The number of carbonyl (C=O) groups excluding carboxylic acids is 1. The van der Waals surface area contributed by atoms with Crippen LogP contribution < -0.4 is 0 Å². The lowest BCUT2D eigenvalue weighted by atomic mass is 10.1. The van der Waals surface area contributed by atoms with Crippen LogP contribution in [-0.2, 0) is 4.79 Å². The summed E-state index contributed by atoms with van der Waals surface area (Å²) in [5.74, 6) is 0. The van der Waals surface area contributed by atoms with Gasteiger partial charge in [-0.15, -0.1) is 0 Å². The van der Waals surface area contributed by atoms with Crippen LogP contribution in [0.4, 0.5) is 0 Å². The third kappa shape index (κ3) is 6.35. The fourth-order valence-corrected chi connectivity index (χ4v) is 1.24. The number of piperidine rings is 1. The third-order valence-electron chi connectivity index (χ3n) is 2.14. The van der Waals surface area contributed by atoms with Gasteiger partial charge in [0.2, 0.25) is 0 Å². The van der Waals surface area contributed by atoms with Crippen LogP contribution in [0, 0.1) is 0 Å². The minimum absolute atomic E-state index is 0.837. The first-order valence-electron chi connectivity index (χ1n) is 4.80. The monoisotopic (exact) mass is 173 g/mol. The van der Waals surface area contributed by atoms with Crippen LogP contribution in [0.25, 0.3) is 0 Å². The summed E-state index contributed by atoms with van der Waals surface area (Å²) in [6, 6.07) is 0.837. The van der Waals surface area contributed by atoms with Gasteiger partial charge in [0, 0.05) is 6.04 Å². The zero-order valence-corrected chi connectivity index (χ0v) is 8.97. The molecule has 1 fully saturated rings. The maximum Gasteiger partial charge on any atom is 0.106 e. The Balaban J connectivity index is 0. The van der Waals surface area contributed by atoms with Crippen molar-refractivity contribution in [3.8, 4) is 0 Å². The molecule has 0 aliphatic carbocycles. The van der Waals surface area contributed by atoms with Gasteiger partial charge in [0.1, 0.15) is 6.79 Å². The van der Waals surface area contributed by atoms with Crippen LogP contribution >= 0.6 is 0 Å². The van der Waals surface area contributed by atoms with E-state index in [0.29, 0.717) is 0 Å². The molecule has 0 spiro atoms. The molecule has 1 rings (SSSR count). The van der Waals surface area contributed by atoms with Gasteiger partial charge < -0.3 is 9.69 Å². The number of hydrogen-bond acceptors (Lipinski definition) is 2. The highest BCUT2D eigenvalue weighted by Crippen LogP contribution is 2.13. The third-order valence-corrected chi connectivity index (χ3v) is 2.14. The van der Waals surface area contributed by atoms with E-state index in [2.05, 4.69) is 18.9 Å². The predicted molar refractivity (Wildman–Crippen MR) is 54.4 cm³/mol. The molecule has 0 aromatic rings. The van der Waals surface area contributed by atoms with Crippen molar-refractivity contribution in [2.24, 2.45) is 0 Å². The largest absolute Gasteiger partial charge is 0.307 e. The van der Waals surface area contributed by atoms with Gasteiger partial charge in [0.25, 0.3) is 0 Å². The summed E-state index contributed by atoms with van der Waals surface area (Å²) in [7, 11) is 2.21. The van der Waals surface area contributed by atoms with E-state index >= 15 is 0 Å². The zero-order valence-electron chi connectivity index (χ0n) is 8.97. The van der Waals surface area contributed by atoms with E-state index in [4.69, 9.17) is 4.79 Å². The van der Waals surface area contributed by atoms with Gasteiger partial charge in [0.15, 0.2) is 0 Å². The fraction of sp³-hybridized carbons (Fsp3) is 0.900. The minimum Gasteiger partial charge on any atom is -0.307 e. The van der Waals surface area contributed by atoms with Crippen LogP contribution in [0.15, 0.2) is 0 Å². The first kappa shape index (κ1) is 14.2. The van der Waals surface area contributed by atoms with Crippen molar-refractivity contribution in [1.82, 2.24) is 4.90 Å². The molecule has 2 heteroatoms. The SMILES string of the molecule is C=O.CC.CC1CCCCN1C. The van der Waals surface area contributed by atoms with E-state index in [1.54, 1.807) is 0 Å². The number of hydrogen-bond donors (Lipinski definition) is 0. The van der Waals surface area contributed by atoms with Crippen molar-refractivity contribution in [2.75, 3.05) is 13.6 Å². The Hall–Kier alpha value is -0.370. The van der Waals surface area contributed by atoms with E-state index < -0.39 is 0 Å². The average molecular weight is 173 g/mol. The molecule has 0 aromatic heterocycles. The first-order valence-corrected chi connectivity index (χ1v) is 4.80. The molecule has 0 saturated carbocycles. The van der Waals surface area contributed by atoms with Crippen LogP contribution in [-0.4, -0.2) is 31.3 Å². The molecule has 74 valence electrons. The van der Waals surface area contributed by atoms with Crippen LogP contribution in [0.3, 0.4) is 0 Å². The molecule has 1 aliphatic rings. The Morgan fingerprint density at radius 2 is 1.75 bits per heavy atom. The van der Waals surface area contributed by atoms with E-state index in [-0.39, 0.29) is 0 Å². The molecule has 1 unspecified atom stereocenters. The molecule has 1 atom stereocenters. The van der Waals surface area contributed by atoms with E-state index in [9.17, 15) is 0 Å². The summed E-state index contributed by atoms with van der Waals surface area (Å²) in [5, 5.41) is 0. The van der Waals surface area contributed by atoms with Crippen molar-refractivity contribution < 1.29 is 4.79 Å². The smallest absolute Gasteiger partial charge is 0.106 e. The molecule has 2 nitrogen and oxygen atoms in total. The maximum absolute atomic E-state index is 8.00. The van der Waals surface area contributed by atoms with Gasteiger partial charge in [-0.2, -0.15) is 0 Å².